The van der Waals surface area contributed by atoms with E-state index in [0.717, 1.165) is 43.6 Å². The van der Waals surface area contributed by atoms with Crippen LogP contribution in [0.5, 0.6) is 0 Å². The minimum atomic E-state index is -0.906. The molecule has 1 atom stereocenters. The Morgan fingerprint density at radius 3 is 2.53 bits per heavy atom. The van der Waals surface area contributed by atoms with Crippen molar-refractivity contribution >= 4 is 40.7 Å². The van der Waals surface area contributed by atoms with Gasteiger partial charge >= 0.3 is 5.97 Å². The molecule has 0 amide bonds. The third-order valence-electron chi connectivity index (χ3n) is 5.66. The molecule has 0 fully saturated rings. The molecule has 0 saturated heterocycles. The van der Waals surface area contributed by atoms with Gasteiger partial charge in [-0.3, -0.25) is 0 Å². The highest BCUT2D eigenvalue weighted by Crippen LogP contribution is 2.32. The minimum Gasteiger partial charge on any atom is -0.478 e. The Kier molecular flexibility index (Phi) is 7.57. The monoisotopic (exact) mass is 465 g/mol. The van der Waals surface area contributed by atoms with Gasteiger partial charge in [0.1, 0.15) is 0 Å². The van der Waals surface area contributed by atoms with Crippen molar-refractivity contribution in [1.29, 1.82) is 0 Å². The standard InChI is InChI=1S/C27H24ClNO2.ClH/c1-17-10-11-22(15-25(17)27(30)31)26-13-19(12-21-6-3-4-9-24(21)26)16-29-18(2)20-7-5-8-23(28)14-20;/h3-15,18,29H,16H2,1-2H3,(H,30,31);1H/t18-;/m1./s1. The summed E-state index contributed by atoms with van der Waals surface area (Å²) < 4.78 is 0. The fourth-order valence-corrected chi connectivity index (χ4v) is 4.10. The molecule has 0 aliphatic rings. The number of carboxylic acid groups (broad SMARTS) is 1. The first-order valence-electron chi connectivity index (χ1n) is 10.3. The summed E-state index contributed by atoms with van der Waals surface area (Å²) in [6.07, 6.45) is 0. The van der Waals surface area contributed by atoms with Gasteiger partial charge in [-0.1, -0.05) is 60.1 Å². The van der Waals surface area contributed by atoms with Crippen molar-refractivity contribution < 1.29 is 9.90 Å². The molecule has 3 nitrogen and oxygen atoms in total. The molecule has 0 spiro atoms. The van der Waals surface area contributed by atoms with Crippen LogP contribution in [0.1, 0.15) is 40.0 Å². The Hall–Kier alpha value is -2.85. The quantitative estimate of drug-likeness (QED) is 0.311. The Bertz CT molecular complexity index is 1270. The van der Waals surface area contributed by atoms with Crippen LogP contribution in [0, 0.1) is 6.92 Å². The molecule has 0 heterocycles. The first-order valence-corrected chi connectivity index (χ1v) is 10.6. The lowest BCUT2D eigenvalue weighted by Crippen LogP contribution is -2.18. The topological polar surface area (TPSA) is 49.3 Å². The summed E-state index contributed by atoms with van der Waals surface area (Å²) in [5.41, 5.74) is 5.31. The molecular formula is C27H25Cl2NO2. The maximum absolute atomic E-state index is 11.7. The number of halogens is 2. The van der Waals surface area contributed by atoms with Crippen molar-refractivity contribution in [3.63, 3.8) is 0 Å². The van der Waals surface area contributed by atoms with Gasteiger partial charge in [0.2, 0.25) is 0 Å². The van der Waals surface area contributed by atoms with E-state index in [2.05, 4.69) is 42.6 Å². The number of nitrogens with one attached hydrogen (secondary N) is 1. The SMILES string of the molecule is Cc1ccc(-c2cc(CN[C@H](C)c3cccc(Cl)c3)cc3ccccc23)cc1C(=O)O.Cl. The molecule has 2 N–H and O–H groups in total. The van der Waals surface area contributed by atoms with Crippen molar-refractivity contribution in [3.05, 3.63) is 106 Å². The van der Waals surface area contributed by atoms with E-state index in [1.54, 1.807) is 6.07 Å². The zero-order valence-electron chi connectivity index (χ0n) is 17.9. The van der Waals surface area contributed by atoms with Crippen molar-refractivity contribution in [3.8, 4) is 11.1 Å². The normalized spacial score (nSPS) is 11.7. The van der Waals surface area contributed by atoms with Gasteiger partial charge < -0.3 is 10.4 Å². The number of hydrogen-bond donors (Lipinski definition) is 2. The second-order valence-corrected chi connectivity index (χ2v) is 8.29. The molecule has 0 aliphatic heterocycles. The van der Waals surface area contributed by atoms with Crippen molar-refractivity contribution in [2.75, 3.05) is 0 Å². The number of fused-ring (bicyclic) bond motifs is 1. The number of rotatable bonds is 6. The van der Waals surface area contributed by atoms with Gasteiger partial charge in [-0.05, 0) is 82.8 Å². The Morgan fingerprint density at radius 1 is 1.00 bits per heavy atom. The van der Waals surface area contributed by atoms with E-state index in [0.29, 0.717) is 12.1 Å². The molecule has 0 saturated carbocycles. The van der Waals surface area contributed by atoms with E-state index >= 15 is 0 Å². The van der Waals surface area contributed by atoms with Crippen LogP contribution >= 0.6 is 24.0 Å². The van der Waals surface area contributed by atoms with E-state index in [-0.39, 0.29) is 18.4 Å². The first-order chi connectivity index (χ1) is 14.9. The summed E-state index contributed by atoms with van der Waals surface area (Å²) in [6.45, 7) is 4.62. The number of hydrogen-bond acceptors (Lipinski definition) is 2. The second-order valence-electron chi connectivity index (χ2n) is 7.86. The lowest BCUT2D eigenvalue weighted by molar-refractivity contribution is 0.0696. The van der Waals surface area contributed by atoms with Crippen LogP contribution in [0.3, 0.4) is 0 Å². The third kappa shape index (κ3) is 5.13. The summed E-state index contributed by atoms with van der Waals surface area (Å²) in [5, 5.41) is 16.1. The maximum atomic E-state index is 11.7. The number of carboxylic acids is 1. The minimum absolute atomic E-state index is 0. The Balaban J connectivity index is 0.00000289. The molecule has 0 unspecified atom stereocenters. The van der Waals surface area contributed by atoms with E-state index < -0.39 is 5.97 Å². The summed E-state index contributed by atoms with van der Waals surface area (Å²) in [6, 6.07) is 26.2. The number of benzene rings is 4. The number of aromatic carboxylic acids is 1. The van der Waals surface area contributed by atoms with Gasteiger partial charge in [-0.15, -0.1) is 12.4 Å². The molecule has 4 aromatic rings. The van der Waals surface area contributed by atoms with E-state index in [1.807, 2.05) is 49.4 Å². The lowest BCUT2D eigenvalue weighted by atomic mass is 9.93. The second kappa shape index (κ2) is 10.2. The van der Waals surface area contributed by atoms with Crippen LogP contribution in [0.25, 0.3) is 21.9 Å². The van der Waals surface area contributed by atoms with E-state index in [4.69, 9.17) is 11.6 Å². The molecule has 5 heteroatoms. The molecular weight excluding hydrogens is 441 g/mol. The van der Waals surface area contributed by atoms with Gasteiger partial charge in [-0.2, -0.15) is 0 Å². The summed E-state index contributed by atoms with van der Waals surface area (Å²) in [4.78, 5) is 11.7. The molecule has 0 aromatic heterocycles. The zero-order chi connectivity index (χ0) is 22.0. The highest BCUT2D eigenvalue weighted by atomic mass is 35.5. The van der Waals surface area contributed by atoms with E-state index in [9.17, 15) is 9.90 Å². The predicted octanol–water partition coefficient (Wildman–Crippen LogP) is 7.44. The average Bonchev–Trinajstić information content (AvgIpc) is 2.77. The van der Waals surface area contributed by atoms with Gasteiger partial charge in [0.15, 0.2) is 0 Å². The van der Waals surface area contributed by atoms with Crippen molar-refractivity contribution in [2.45, 2.75) is 26.4 Å². The van der Waals surface area contributed by atoms with Crippen LogP contribution in [-0.2, 0) is 6.54 Å². The molecule has 0 radical (unpaired) electrons. The lowest BCUT2D eigenvalue weighted by Gasteiger charge is -2.17. The van der Waals surface area contributed by atoms with Crippen molar-refractivity contribution in [1.82, 2.24) is 5.32 Å². The van der Waals surface area contributed by atoms with E-state index in [1.165, 1.54) is 0 Å². The average molecular weight is 466 g/mol. The number of carbonyl (C=O) groups is 1. The van der Waals surface area contributed by atoms with Gasteiger partial charge in [0.05, 0.1) is 5.56 Å². The fraction of sp³-hybridized carbons (Fsp3) is 0.148. The molecule has 32 heavy (non-hydrogen) atoms. The molecule has 164 valence electrons. The predicted molar refractivity (Wildman–Crippen MR) is 135 cm³/mol. The van der Waals surface area contributed by atoms with Gasteiger partial charge in [0, 0.05) is 17.6 Å². The smallest absolute Gasteiger partial charge is 0.335 e. The number of aryl methyl sites for hydroxylation is 1. The summed E-state index contributed by atoms with van der Waals surface area (Å²) >= 11 is 6.14. The maximum Gasteiger partial charge on any atom is 0.335 e. The highest BCUT2D eigenvalue weighted by Gasteiger charge is 2.13. The van der Waals surface area contributed by atoms with Crippen LogP contribution in [0.15, 0.2) is 78.9 Å². The van der Waals surface area contributed by atoms with Crippen molar-refractivity contribution in [2.24, 2.45) is 0 Å². The largest absolute Gasteiger partial charge is 0.478 e. The highest BCUT2D eigenvalue weighted by molar-refractivity contribution is 6.30. The fourth-order valence-electron chi connectivity index (χ4n) is 3.90. The Labute approximate surface area is 199 Å². The van der Waals surface area contributed by atoms with Crippen LogP contribution in [0.4, 0.5) is 0 Å². The summed E-state index contributed by atoms with van der Waals surface area (Å²) in [7, 11) is 0. The third-order valence-corrected chi connectivity index (χ3v) is 5.90. The molecule has 4 rings (SSSR count). The zero-order valence-corrected chi connectivity index (χ0v) is 19.5. The molecule has 0 aliphatic carbocycles. The Morgan fingerprint density at radius 2 is 1.78 bits per heavy atom. The van der Waals surface area contributed by atoms with Crippen LogP contribution in [-0.4, -0.2) is 11.1 Å². The van der Waals surface area contributed by atoms with Crippen LogP contribution < -0.4 is 5.32 Å². The first kappa shape index (κ1) is 23.8. The molecule has 0 bridgehead atoms. The van der Waals surface area contributed by atoms with Crippen LogP contribution in [0.2, 0.25) is 5.02 Å². The molecule has 4 aromatic carbocycles. The van der Waals surface area contributed by atoms with Gasteiger partial charge in [-0.25, -0.2) is 4.79 Å². The van der Waals surface area contributed by atoms with Gasteiger partial charge in [0.25, 0.3) is 0 Å². The summed E-state index contributed by atoms with van der Waals surface area (Å²) in [5.74, 6) is -0.906.